The number of rotatable bonds is 5. The summed E-state index contributed by atoms with van der Waals surface area (Å²) in [6.07, 6.45) is 8.33. The lowest BCUT2D eigenvalue weighted by atomic mass is 9.90. The van der Waals surface area contributed by atoms with Crippen LogP contribution in [0.4, 0.5) is 10.1 Å². The number of nitrogens with one attached hydrogen (secondary N) is 1. The molecule has 2 aliphatic rings. The van der Waals surface area contributed by atoms with Gasteiger partial charge in [0, 0.05) is 18.7 Å². The summed E-state index contributed by atoms with van der Waals surface area (Å²) >= 11 is 5.84. The fraction of sp³-hybridized carbons (Fsp3) is 0.435. The zero-order valence-corrected chi connectivity index (χ0v) is 18.3. The predicted octanol–water partition coefficient (Wildman–Crippen LogP) is 4.33. The van der Waals surface area contributed by atoms with E-state index >= 15 is 0 Å². The second-order valence-electron chi connectivity index (χ2n) is 9.10. The Labute approximate surface area is 189 Å². The molecule has 2 saturated carbocycles. The molecule has 0 bridgehead atoms. The Kier molecular flexibility index (Phi) is 5.29. The average molecular weight is 459 g/mol. The van der Waals surface area contributed by atoms with Gasteiger partial charge in [-0.3, -0.25) is 4.79 Å². The van der Waals surface area contributed by atoms with E-state index in [0.717, 1.165) is 18.5 Å². The molecule has 0 spiro atoms. The Morgan fingerprint density at radius 2 is 2.09 bits per heavy atom. The predicted molar refractivity (Wildman–Crippen MR) is 116 cm³/mol. The van der Waals surface area contributed by atoms with Gasteiger partial charge >= 0.3 is 0 Å². The minimum Gasteiger partial charge on any atom is -0.449 e. The second-order valence-corrected chi connectivity index (χ2v) is 9.50. The zero-order valence-electron chi connectivity index (χ0n) is 17.6. The third-order valence-electron chi connectivity index (χ3n) is 6.83. The molecule has 3 aromatic rings. The number of aryl methyl sites for hydroxylation is 1. The van der Waals surface area contributed by atoms with Crippen LogP contribution in [-0.2, 0) is 13.5 Å². The molecule has 1 aromatic carbocycles. The third kappa shape index (κ3) is 3.93. The molecule has 0 aliphatic heterocycles. The molecule has 7 nitrogen and oxygen atoms in total. The Balaban J connectivity index is 1.29. The van der Waals surface area contributed by atoms with Gasteiger partial charge in [0.2, 0.25) is 0 Å². The summed E-state index contributed by atoms with van der Waals surface area (Å²) in [7, 11) is 1.79. The normalized spacial score (nSPS) is 26.9. The van der Waals surface area contributed by atoms with Gasteiger partial charge in [-0.2, -0.15) is 0 Å². The lowest BCUT2D eigenvalue weighted by Crippen LogP contribution is -2.29. The number of aromatic nitrogens is 3. The first-order chi connectivity index (χ1) is 15.3. The summed E-state index contributed by atoms with van der Waals surface area (Å²) in [6, 6.07) is 4.09. The number of aliphatic hydroxyl groups is 1. The second kappa shape index (κ2) is 8.01. The fourth-order valence-corrected chi connectivity index (χ4v) is 5.73. The van der Waals surface area contributed by atoms with E-state index in [1.54, 1.807) is 24.1 Å². The molecule has 2 aromatic heterocycles. The van der Waals surface area contributed by atoms with Crippen molar-refractivity contribution in [2.24, 2.45) is 18.9 Å². The highest BCUT2D eigenvalue weighted by atomic mass is 35.5. The van der Waals surface area contributed by atoms with Gasteiger partial charge in [-0.25, -0.2) is 14.4 Å². The molecule has 0 saturated heterocycles. The van der Waals surface area contributed by atoms with Gasteiger partial charge in [0.25, 0.3) is 5.91 Å². The van der Waals surface area contributed by atoms with E-state index in [4.69, 9.17) is 16.0 Å². The van der Waals surface area contributed by atoms with Crippen molar-refractivity contribution in [2.45, 2.75) is 43.6 Å². The molecule has 9 heteroatoms. The highest BCUT2D eigenvalue weighted by Crippen LogP contribution is 2.54. The van der Waals surface area contributed by atoms with E-state index < -0.39 is 11.4 Å². The van der Waals surface area contributed by atoms with E-state index in [2.05, 4.69) is 15.3 Å². The van der Waals surface area contributed by atoms with Crippen molar-refractivity contribution in [3.05, 3.63) is 65.1 Å². The number of nitrogens with zero attached hydrogens (tertiary/aromatic N) is 3. The molecule has 168 valence electrons. The molecule has 2 fully saturated rings. The number of hydrogen-bond acceptors (Lipinski definition) is 5. The minimum absolute atomic E-state index is 0.0473. The largest absolute Gasteiger partial charge is 0.449 e. The van der Waals surface area contributed by atoms with Crippen LogP contribution in [0.25, 0.3) is 0 Å². The molecule has 1 amide bonds. The van der Waals surface area contributed by atoms with Crippen molar-refractivity contribution < 1.29 is 18.7 Å². The number of benzene rings is 1. The van der Waals surface area contributed by atoms with Crippen LogP contribution in [-0.4, -0.2) is 31.1 Å². The van der Waals surface area contributed by atoms with Crippen LogP contribution in [0.15, 0.2) is 41.4 Å². The van der Waals surface area contributed by atoms with E-state index in [9.17, 15) is 14.3 Å². The molecule has 32 heavy (non-hydrogen) atoms. The summed E-state index contributed by atoms with van der Waals surface area (Å²) in [6.45, 7) is 0. The van der Waals surface area contributed by atoms with E-state index in [1.165, 1.54) is 24.5 Å². The average Bonchev–Trinajstić information content (AvgIpc) is 3.49. The standard InChI is InChI=1S/C23H24ClFN4O3/c1-29-12-27-20(21(29)22(30)28-16-2-3-18(25)17(24)8-16)13-6-14-9-23(31,10-15(14)7-13)11-19-26-4-5-32-19/h2-5,8,12-15,31H,6-7,9-11H2,1H3,(H,28,30). The van der Waals surface area contributed by atoms with E-state index in [1.807, 2.05) is 0 Å². The van der Waals surface area contributed by atoms with Gasteiger partial charge in [-0.05, 0) is 55.7 Å². The Bertz CT molecular complexity index is 1130. The van der Waals surface area contributed by atoms with Crippen LogP contribution in [0.5, 0.6) is 0 Å². The molecule has 2 atom stereocenters. The summed E-state index contributed by atoms with van der Waals surface area (Å²) in [5.74, 6) is 0.609. The lowest BCUT2D eigenvalue weighted by Gasteiger charge is -2.23. The molecule has 2 heterocycles. The van der Waals surface area contributed by atoms with Crippen LogP contribution < -0.4 is 5.32 Å². The summed E-state index contributed by atoms with van der Waals surface area (Å²) in [4.78, 5) is 21.7. The summed E-state index contributed by atoms with van der Waals surface area (Å²) in [5, 5.41) is 13.8. The summed E-state index contributed by atoms with van der Waals surface area (Å²) < 4.78 is 20.5. The van der Waals surface area contributed by atoms with Crippen molar-refractivity contribution in [3.63, 3.8) is 0 Å². The quantitative estimate of drug-likeness (QED) is 0.593. The molecule has 2 N–H and O–H groups in total. The van der Waals surface area contributed by atoms with Crippen LogP contribution >= 0.6 is 11.6 Å². The monoisotopic (exact) mass is 458 g/mol. The number of anilines is 1. The number of carbonyl (C=O) groups is 1. The number of imidazole rings is 1. The fourth-order valence-electron chi connectivity index (χ4n) is 5.55. The maximum absolute atomic E-state index is 13.4. The minimum atomic E-state index is -0.794. The number of carbonyl (C=O) groups excluding carboxylic acids is 1. The number of fused-ring (bicyclic) bond motifs is 1. The van der Waals surface area contributed by atoms with Crippen LogP contribution in [0, 0.1) is 17.7 Å². The van der Waals surface area contributed by atoms with Gasteiger partial charge in [-0.1, -0.05) is 11.6 Å². The van der Waals surface area contributed by atoms with Crippen molar-refractivity contribution in [1.29, 1.82) is 0 Å². The lowest BCUT2D eigenvalue weighted by molar-refractivity contribution is 0.0324. The molecule has 0 radical (unpaired) electrons. The van der Waals surface area contributed by atoms with Crippen molar-refractivity contribution >= 4 is 23.2 Å². The zero-order chi connectivity index (χ0) is 22.5. The maximum Gasteiger partial charge on any atom is 0.274 e. The number of amides is 1. The smallest absolute Gasteiger partial charge is 0.274 e. The SMILES string of the molecule is Cn1cnc(C2CC3CC(O)(Cc4ncco4)CC3C2)c1C(=O)Nc1ccc(F)c(Cl)c1. The maximum atomic E-state index is 13.4. The topological polar surface area (TPSA) is 93.2 Å². The Morgan fingerprint density at radius 1 is 1.34 bits per heavy atom. The van der Waals surface area contributed by atoms with Crippen molar-refractivity contribution in [3.8, 4) is 0 Å². The highest BCUT2D eigenvalue weighted by Gasteiger charge is 2.50. The Hall–Kier alpha value is -2.71. The first-order valence-corrected chi connectivity index (χ1v) is 11.1. The van der Waals surface area contributed by atoms with Crippen LogP contribution in [0.2, 0.25) is 5.02 Å². The van der Waals surface area contributed by atoms with Crippen LogP contribution in [0.3, 0.4) is 0 Å². The van der Waals surface area contributed by atoms with Crippen molar-refractivity contribution in [2.75, 3.05) is 5.32 Å². The first-order valence-electron chi connectivity index (χ1n) is 10.7. The van der Waals surface area contributed by atoms with Gasteiger partial charge in [0.05, 0.1) is 35.3 Å². The highest BCUT2D eigenvalue weighted by molar-refractivity contribution is 6.31. The van der Waals surface area contributed by atoms with Gasteiger partial charge < -0.3 is 19.4 Å². The first kappa shape index (κ1) is 21.2. The van der Waals surface area contributed by atoms with Crippen LogP contribution in [0.1, 0.15) is 53.7 Å². The molecule has 2 aliphatic carbocycles. The van der Waals surface area contributed by atoms with Crippen molar-refractivity contribution in [1.82, 2.24) is 14.5 Å². The molecule has 5 rings (SSSR count). The summed E-state index contributed by atoms with van der Waals surface area (Å²) in [5.41, 5.74) is 0.889. The number of hydrogen-bond donors (Lipinski definition) is 2. The van der Waals surface area contributed by atoms with Gasteiger partial charge in [0.15, 0.2) is 5.89 Å². The molecular formula is C23H24ClFN4O3. The van der Waals surface area contributed by atoms with Gasteiger partial charge in [0.1, 0.15) is 17.8 Å². The number of halogens is 2. The third-order valence-corrected chi connectivity index (χ3v) is 7.12. The van der Waals surface area contributed by atoms with Gasteiger partial charge in [-0.15, -0.1) is 0 Å². The van der Waals surface area contributed by atoms with E-state index in [0.29, 0.717) is 48.4 Å². The number of oxazole rings is 1. The Morgan fingerprint density at radius 3 is 2.75 bits per heavy atom. The molecule has 2 unspecified atom stereocenters. The molecular weight excluding hydrogens is 435 g/mol. The van der Waals surface area contributed by atoms with E-state index in [-0.39, 0.29) is 16.8 Å².